The minimum absolute atomic E-state index is 0. The van der Waals surface area contributed by atoms with Gasteiger partial charge in [-0.2, -0.15) is 18.2 Å². The molecule has 0 amide bonds. The third-order valence-electron chi connectivity index (χ3n) is 4.92. The van der Waals surface area contributed by atoms with Gasteiger partial charge < -0.3 is 0 Å². The van der Waals surface area contributed by atoms with Crippen LogP contribution in [-0.2, 0) is 6.18 Å². The topological polar surface area (TPSA) is 12.4 Å². The van der Waals surface area contributed by atoms with Gasteiger partial charge in [0.05, 0.1) is 10.7 Å². The van der Waals surface area contributed by atoms with Gasteiger partial charge in [-0.25, -0.2) is 4.39 Å². The van der Waals surface area contributed by atoms with Crippen molar-refractivity contribution in [3.8, 4) is 22.3 Å². The van der Waals surface area contributed by atoms with Gasteiger partial charge in [0, 0.05) is 35.6 Å². The summed E-state index contributed by atoms with van der Waals surface area (Å²) in [4.78, 5) is 3.27. The van der Waals surface area contributed by atoms with Gasteiger partial charge in [-0.15, -0.1) is 29.3 Å². The van der Waals surface area contributed by atoms with Crippen molar-refractivity contribution in [3.05, 3.63) is 76.1 Å². The van der Waals surface area contributed by atoms with Crippen LogP contribution in [0.5, 0.6) is 0 Å². The van der Waals surface area contributed by atoms with Gasteiger partial charge >= 0.3 is 6.18 Å². The second-order valence-electron chi connectivity index (χ2n) is 7.28. The molecular weight excluding hydrogens is 549 g/mol. The fourth-order valence-corrected chi connectivity index (χ4v) is 3.91. The minimum Gasteiger partial charge on any atom is -0.205 e. The first-order valence-corrected chi connectivity index (χ1v) is 9.53. The first-order chi connectivity index (χ1) is 14.0. The third kappa shape index (κ3) is 5.42. The number of rotatable bonds is 3. The molecule has 3 rings (SSSR count). The number of alkyl halides is 3. The van der Waals surface area contributed by atoms with E-state index in [-0.39, 0.29) is 41.2 Å². The summed E-state index contributed by atoms with van der Waals surface area (Å²) < 4.78 is 54.8. The van der Waals surface area contributed by atoms with E-state index in [1.54, 1.807) is 13.0 Å². The van der Waals surface area contributed by atoms with Gasteiger partial charge in [-0.3, -0.25) is 0 Å². The SMILES string of the molecule is Cc1cc(C)c(-c2c[c-]c(-c3cc(F)c(N=C=S)c(C(F)(F)F)c3)c(C)c2)c(C)c1.[La]. The number of aliphatic imine (C=N–C) groups is 1. The van der Waals surface area contributed by atoms with Gasteiger partial charge in [0.15, 0.2) is 0 Å². The van der Waals surface area contributed by atoms with Crippen molar-refractivity contribution in [2.45, 2.75) is 33.9 Å². The molecule has 0 saturated carbocycles. The maximum Gasteiger partial charge on any atom is 0.417 e. The Labute approximate surface area is 212 Å². The Morgan fingerprint density at radius 3 is 2.03 bits per heavy atom. The predicted octanol–water partition coefficient (Wildman–Crippen LogP) is 7.95. The van der Waals surface area contributed by atoms with Gasteiger partial charge in [0.2, 0.25) is 0 Å². The molecule has 3 aromatic carbocycles. The average Bonchev–Trinajstić information content (AvgIpc) is 2.61. The summed E-state index contributed by atoms with van der Waals surface area (Å²) in [5.74, 6) is -1.11. The predicted molar refractivity (Wildman–Crippen MR) is 115 cm³/mol. The molecule has 3 aromatic rings. The van der Waals surface area contributed by atoms with E-state index >= 15 is 0 Å². The van der Waals surface area contributed by atoms with Crippen LogP contribution in [0.1, 0.15) is 27.8 Å². The zero-order valence-corrected chi connectivity index (χ0v) is 21.9. The minimum atomic E-state index is -4.79. The molecule has 0 aromatic heterocycles. The Morgan fingerprint density at radius 1 is 0.903 bits per heavy atom. The number of halogens is 4. The molecule has 0 spiro atoms. The quantitative estimate of drug-likeness (QED) is 0.136. The molecule has 0 aliphatic rings. The monoisotopic (exact) mass is 567 g/mol. The standard InChI is InChI=1S/C24H18F4NS.La/c1-13-7-15(3)22(16(4)8-13)17-5-6-19(14(2)9-17)18-10-20(24(26,27)28)23(29-12-30)21(25)11-18;/h5,7-11H,1-4H3;/q-1;. The normalized spacial score (nSPS) is 11.0. The molecule has 0 unspecified atom stereocenters. The van der Waals surface area contributed by atoms with Gasteiger partial charge in [0.1, 0.15) is 11.5 Å². The van der Waals surface area contributed by atoms with Crippen LogP contribution in [0.15, 0.2) is 41.4 Å². The second-order valence-corrected chi connectivity index (χ2v) is 7.46. The molecule has 0 heterocycles. The number of isothiocyanates is 1. The number of aryl methyl sites for hydroxylation is 4. The van der Waals surface area contributed by atoms with Crippen LogP contribution < -0.4 is 0 Å². The molecule has 1 nitrogen and oxygen atoms in total. The van der Waals surface area contributed by atoms with Crippen LogP contribution in [0.4, 0.5) is 23.2 Å². The molecule has 0 aliphatic heterocycles. The Kier molecular flexibility index (Phi) is 8.18. The van der Waals surface area contributed by atoms with E-state index in [0.717, 1.165) is 39.9 Å². The molecule has 0 fully saturated rings. The van der Waals surface area contributed by atoms with Crippen molar-refractivity contribution in [1.82, 2.24) is 0 Å². The summed E-state index contributed by atoms with van der Waals surface area (Å²) in [6.45, 7) is 7.81. The van der Waals surface area contributed by atoms with Crippen molar-refractivity contribution in [2.75, 3.05) is 0 Å². The number of hydrogen-bond acceptors (Lipinski definition) is 2. The molecule has 31 heavy (non-hydrogen) atoms. The van der Waals surface area contributed by atoms with E-state index in [2.05, 4.69) is 35.4 Å². The molecule has 7 heteroatoms. The second kappa shape index (κ2) is 9.89. The third-order valence-corrected chi connectivity index (χ3v) is 5.01. The van der Waals surface area contributed by atoms with Crippen LogP contribution in [-0.4, -0.2) is 5.16 Å². The van der Waals surface area contributed by atoms with Crippen molar-refractivity contribution in [2.24, 2.45) is 4.99 Å². The van der Waals surface area contributed by atoms with E-state index in [9.17, 15) is 17.6 Å². The smallest absolute Gasteiger partial charge is 0.205 e. The molecule has 0 saturated heterocycles. The van der Waals surface area contributed by atoms with E-state index < -0.39 is 23.2 Å². The summed E-state index contributed by atoms with van der Waals surface area (Å²) >= 11 is 4.36. The van der Waals surface area contributed by atoms with E-state index in [0.29, 0.717) is 11.1 Å². The number of benzene rings is 3. The van der Waals surface area contributed by atoms with Gasteiger partial charge in [-0.05, 0) is 33.0 Å². The van der Waals surface area contributed by atoms with Crippen molar-refractivity contribution < 1.29 is 53.2 Å². The molecule has 0 aliphatic carbocycles. The summed E-state index contributed by atoms with van der Waals surface area (Å²) in [5, 5.41) is 1.81. The molecule has 0 N–H and O–H groups in total. The average molecular weight is 567 g/mol. The van der Waals surface area contributed by atoms with Crippen molar-refractivity contribution in [3.63, 3.8) is 0 Å². The van der Waals surface area contributed by atoms with Crippen LogP contribution in [0.3, 0.4) is 0 Å². The molecule has 157 valence electrons. The zero-order valence-electron chi connectivity index (χ0n) is 17.4. The largest absolute Gasteiger partial charge is 0.417 e. The Morgan fingerprint density at radius 2 is 1.52 bits per heavy atom. The van der Waals surface area contributed by atoms with Gasteiger partial charge in [-0.1, -0.05) is 64.6 Å². The Balaban J connectivity index is 0.00000341. The number of hydrogen-bond donors (Lipinski definition) is 0. The maximum atomic E-state index is 14.4. The first kappa shape index (κ1) is 25.6. The van der Waals surface area contributed by atoms with Gasteiger partial charge in [0.25, 0.3) is 0 Å². The summed E-state index contributed by atoms with van der Waals surface area (Å²) in [6.07, 6.45) is -4.79. The number of nitrogens with zero attached hydrogens (tertiary/aromatic N) is 1. The van der Waals surface area contributed by atoms with Crippen molar-refractivity contribution in [1.29, 1.82) is 0 Å². The van der Waals surface area contributed by atoms with Crippen molar-refractivity contribution >= 4 is 23.1 Å². The van der Waals surface area contributed by atoms with E-state index in [1.807, 2.05) is 32.0 Å². The fraction of sp³-hybridized carbons (Fsp3) is 0.208. The molecule has 0 atom stereocenters. The fourth-order valence-electron chi connectivity index (χ4n) is 3.82. The van der Waals surface area contributed by atoms with E-state index in [1.165, 1.54) is 0 Å². The Bertz CT molecular complexity index is 1170. The maximum absolute atomic E-state index is 14.4. The number of thiocarbonyl (C=S) groups is 1. The molecule has 1 radical (unpaired) electrons. The molecule has 0 bridgehead atoms. The summed E-state index contributed by atoms with van der Waals surface area (Å²) in [5.41, 5.74) is 4.41. The first-order valence-electron chi connectivity index (χ1n) is 9.12. The summed E-state index contributed by atoms with van der Waals surface area (Å²) in [7, 11) is 0. The van der Waals surface area contributed by atoms with E-state index in [4.69, 9.17) is 0 Å². The van der Waals surface area contributed by atoms with Crippen LogP contribution in [0.2, 0.25) is 0 Å². The van der Waals surface area contributed by atoms with Crippen LogP contribution in [0.25, 0.3) is 22.3 Å². The zero-order chi connectivity index (χ0) is 22.2. The van der Waals surface area contributed by atoms with Crippen LogP contribution in [0, 0.1) is 75.2 Å². The Hall–Kier alpha value is -1.63. The molecular formula is C24H18F4LaNS-. The summed E-state index contributed by atoms with van der Waals surface area (Å²) in [6, 6.07) is 12.7. The van der Waals surface area contributed by atoms with Crippen LogP contribution >= 0.6 is 12.2 Å².